The first kappa shape index (κ1) is 14.2. The number of nitrogen functional groups attached to an aromatic ring is 1. The molecule has 0 bridgehead atoms. The molecule has 7 heteroatoms. The number of rotatable bonds is 3. The van der Waals surface area contributed by atoms with E-state index in [1.165, 1.54) is 19.2 Å². The molecular weight excluding hydrogens is 290 g/mol. The number of ketones is 1. The number of carbonyl (C=O) groups excluding carboxylic acids is 1. The molecule has 0 aliphatic carbocycles. The number of nitrogens with zero attached hydrogens (tertiary/aromatic N) is 1. The summed E-state index contributed by atoms with van der Waals surface area (Å²) in [5.41, 5.74) is 4.94. The van der Waals surface area contributed by atoms with Crippen LogP contribution in [0.15, 0.2) is 24.3 Å². The number of pyridine rings is 1. The summed E-state index contributed by atoms with van der Waals surface area (Å²) in [5.74, 6) is -3.56. The molecule has 0 spiro atoms. The molecule has 0 fully saturated rings. The van der Waals surface area contributed by atoms with Crippen molar-refractivity contribution in [2.45, 2.75) is 0 Å². The largest absolute Gasteiger partial charge is 0.496 e. The summed E-state index contributed by atoms with van der Waals surface area (Å²) in [7, 11) is 1.24. The van der Waals surface area contributed by atoms with Gasteiger partial charge in [0.25, 0.3) is 0 Å². The summed E-state index contributed by atoms with van der Waals surface area (Å²) < 4.78 is 32.0. The second-order valence-corrected chi connectivity index (χ2v) is 4.22. The van der Waals surface area contributed by atoms with E-state index in [1.54, 1.807) is 0 Å². The summed E-state index contributed by atoms with van der Waals surface area (Å²) >= 11 is 5.62. The molecule has 1 heterocycles. The van der Waals surface area contributed by atoms with Crippen LogP contribution in [-0.2, 0) is 0 Å². The van der Waals surface area contributed by atoms with Crippen molar-refractivity contribution in [2.24, 2.45) is 0 Å². The molecule has 0 saturated carbocycles. The Morgan fingerprint density at radius 3 is 2.60 bits per heavy atom. The van der Waals surface area contributed by atoms with Crippen molar-refractivity contribution in [3.63, 3.8) is 0 Å². The van der Waals surface area contributed by atoms with Gasteiger partial charge in [-0.05, 0) is 24.3 Å². The third-order valence-corrected chi connectivity index (χ3v) is 2.85. The third-order valence-electron chi connectivity index (χ3n) is 2.64. The van der Waals surface area contributed by atoms with Crippen molar-refractivity contribution < 1.29 is 18.3 Å². The number of ether oxygens (including phenoxy) is 1. The van der Waals surface area contributed by atoms with Gasteiger partial charge in [-0.1, -0.05) is 11.6 Å². The molecule has 1 aromatic carbocycles. The lowest BCUT2D eigenvalue weighted by molar-refractivity contribution is 0.103. The van der Waals surface area contributed by atoms with E-state index >= 15 is 0 Å². The predicted octanol–water partition coefficient (Wildman–Crippen LogP) is 2.84. The molecule has 0 unspecified atom stereocenters. The van der Waals surface area contributed by atoms with Crippen LogP contribution in [0.25, 0.3) is 0 Å². The van der Waals surface area contributed by atoms with Crippen molar-refractivity contribution in [3.05, 3.63) is 52.2 Å². The highest BCUT2D eigenvalue weighted by Crippen LogP contribution is 2.28. The molecule has 0 aliphatic heterocycles. The van der Waals surface area contributed by atoms with Gasteiger partial charge in [-0.15, -0.1) is 0 Å². The average Bonchev–Trinajstić information content (AvgIpc) is 2.41. The molecule has 1 aromatic heterocycles. The van der Waals surface area contributed by atoms with E-state index in [4.69, 9.17) is 22.1 Å². The Morgan fingerprint density at radius 1 is 1.30 bits per heavy atom. The summed E-state index contributed by atoms with van der Waals surface area (Å²) in [4.78, 5) is 16.0. The Morgan fingerprint density at radius 2 is 2.00 bits per heavy atom. The zero-order valence-electron chi connectivity index (χ0n) is 10.3. The van der Waals surface area contributed by atoms with Crippen LogP contribution in [0.1, 0.15) is 15.9 Å². The van der Waals surface area contributed by atoms with Gasteiger partial charge < -0.3 is 10.5 Å². The monoisotopic (exact) mass is 298 g/mol. The quantitative estimate of drug-likeness (QED) is 0.699. The lowest BCUT2D eigenvalue weighted by Crippen LogP contribution is -2.11. The molecule has 2 aromatic rings. The highest BCUT2D eigenvalue weighted by molar-refractivity contribution is 6.29. The van der Waals surface area contributed by atoms with Crippen molar-refractivity contribution in [2.75, 3.05) is 12.8 Å². The van der Waals surface area contributed by atoms with Gasteiger partial charge in [-0.2, -0.15) is 0 Å². The number of benzene rings is 1. The van der Waals surface area contributed by atoms with Crippen LogP contribution in [0.4, 0.5) is 14.6 Å². The Bertz CT molecular complexity index is 692. The van der Waals surface area contributed by atoms with E-state index in [2.05, 4.69) is 4.98 Å². The Hall–Kier alpha value is -2.21. The minimum Gasteiger partial charge on any atom is -0.496 e. The van der Waals surface area contributed by atoms with Gasteiger partial charge >= 0.3 is 0 Å². The summed E-state index contributed by atoms with van der Waals surface area (Å²) in [6.45, 7) is 0. The zero-order valence-corrected chi connectivity index (χ0v) is 11.0. The van der Waals surface area contributed by atoms with Gasteiger partial charge in [0.15, 0.2) is 11.6 Å². The van der Waals surface area contributed by atoms with Gasteiger partial charge in [0, 0.05) is 0 Å². The smallest absolute Gasteiger partial charge is 0.203 e. The van der Waals surface area contributed by atoms with Gasteiger partial charge in [-0.25, -0.2) is 13.8 Å². The summed E-state index contributed by atoms with van der Waals surface area (Å²) in [6.07, 6.45) is 0. The lowest BCUT2D eigenvalue weighted by Gasteiger charge is -2.10. The van der Waals surface area contributed by atoms with Crippen LogP contribution >= 0.6 is 11.6 Å². The number of nitrogens with two attached hydrogens (primary N) is 1. The Balaban J connectivity index is 2.61. The average molecular weight is 299 g/mol. The molecule has 2 N–H and O–H groups in total. The van der Waals surface area contributed by atoms with Crippen LogP contribution < -0.4 is 10.5 Å². The Kier molecular flexibility index (Phi) is 3.85. The molecule has 2 rings (SSSR count). The number of methoxy groups -OCH3 is 1. The van der Waals surface area contributed by atoms with Crippen LogP contribution in [0.5, 0.6) is 5.75 Å². The predicted molar refractivity (Wildman–Crippen MR) is 70.0 cm³/mol. The van der Waals surface area contributed by atoms with E-state index in [9.17, 15) is 13.6 Å². The normalized spacial score (nSPS) is 10.4. The molecule has 4 nitrogen and oxygen atoms in total. The fraction of sp³-hybridized carbons (Fsp3) is 0.0769. The van der Waals surface area contributed by atoms with E-state index in [0.717, 1.165) is 12.1 Å². The lowest BCUT2D eigenvalue weighted by atomic mass is 10.0. The van der Waals surface area contributed by atoms with Crippen LogP contribution in [0, 0.1) is 11.6 Å². The first-order chi connectivity index (χ1) is 9.45. The summed E-state index contributed by atoms with van der Waals surface area (Å²) in [6, 6.07) is 4.64. The van der Waals surface area contributed by atoms with Gasteiger partial charge in [0.05, 0.1) is 12.7 Å². The van der Waals surface area contributed by atoms with Gasteiger partial charge in [0.1, 0.15) is 22.3 Å². The number of anilines is 1. The van der Waals surface area contributed by atoms with Gasteiger partial charge in [-0.3, -0.25) is 4.79 Å². The van der Waals surface area contributed by atoms with Crippen molar-refractivity contribution in [3.8, 4) is 5.75 Å². The van der Waals surface area contributed by atoms with Crippen molar-refractivity contribution in [1.29, 1.82) is 0 Å². The SMILES string of the molecule is COc1ccc(F)c(F)c1C(=O)c1ccc(Cl)nc1N. The molecule has 0 atom stereocenters. The second-order valence-electron chi connectivity index (χ2n) is 3.83. The summed E-state index contributed by atoms with van der Waals surface area (Å²) in [5, 5.41) is 0.0886. The minimum absolute atomic E-state index is 0.0859. The number of carbonyl (C=O) groups is 1. The second kappa shape index (κ2) is 5.42. The van der Waals surface area contributed by atoms with Gasteiger partial charge in [0.2, 0.25) is 5.78 Å². The third kappa shape index (κ3) is 2.42. The number of hydrogen-bond donors (Lipinski definition) is 1. The number of aromatic nitrogens is 1. The van der Waals surface area contributed by atoms with E-state index in [-0.39, 0.29) is 22.3 Å². The fourth-order valence-corrected chi connectivity index (χ4v) is 1.85. The van der Waals surface area contributed by atoms with E-state index in [1.807, 2.05) is 0 Å². The maximum absolute atomic E-state index is 13.8. The van der Waals surface area contributed by atoms with Crippen LogP contribution in [-0.4, -0.2) is 17.9 Å². The standard InChI is InChI=1S/C13H9ClF2N2O2/c1-20-8-4-3-7(15)11(16)10(8)12(19)6-2-5-9(14)18-13(6)17/h2-5H,1H3,(H2,17,18). The number of hydrogen-bond acceptors (Lipinski definition) is 4. The van der Waals surface area contributed by atoms with Crippen molar-refractivity contribution in [1.82, 2.24) is 4.98 Å². The first-order valence-corrected chi connectivity index (χ1v) is 5.82. The first-order valence-electron chi connectivity index (χ1n) is 5.44. The van der Waals surface area contributed by atoms with E-state index < -0.39 is 23.0 Å². The molecule has 0 saturated heterocycles. The van der Waals surface area contributed by atoms with Crippen molar-refractivity contribution >= 4 is 23.2 Å². The molecule has 0 amide bonds. The molecule has 0 aliphatic rings. The highest BCUT2D eigenvalue weighted by Gasteiger charge is 2.24. The fourth-order valence-electron chi connectivity index (χ4n) is 1.69. The van der Waals surface area contributed by atoms with E-state index in [0.29, 0.717) is 0 Å². The highest BCUT2D eigenvalue weighted by atomic mass is 35.5. The maximum atomic E-state index is 13.8. The molecular formula is C13H9ClF2N2O2. The Labute approximate surface area is 118 Å². The molecule has 104 valence electrons. The minimum atomic E-state index is -1.30. The number of halogens is 3. The molecule has 0 radical (unpaired) electrons. The molecule has 20 heavy (non-hydrogen) atoms. The zero-order chi connectivity index (χ0) is 14.9. The van der Waals surface area contributed by atoms with Crippen LogP contribution in [0.2, 0.25) is 5.15 Å². The topological polar surface area (TPSA) is 65.2 Å². The maximum Gasteiger partial charge on any atom is 0.203 e. The van der Waals surface area contributed by atoms with Crippen LogP contribution in [0.3, 0.4) is 0 Å².